The van der Waals surface area contributed by atoms with Crippen LogP contribution in [0.2, 0.25) is 0 Å². The Labute approximate surface area is 420 Å². The van der Waals surface area contributed by atoms with E-state index in [0.29, 0.717) is 0 Å². The van der Waals surface area contributed by atoms with E-state index in [1.54, 1.807) is 0 Å². The molecule has 0 saturated carbocycles. The van der Waals surface area contributed by atoms with E-state index >= 15 is 0 Å². The van der Waals surface area contributed by atoms with E-state index in [9.17, 15) is 0 Å². The first kappa shape index (κ1) is 40.8. The second-order valence-electron chi connectivity index (χ2n) is 23.7. The molecule has 16 rings (SSSR count). The molecule has 2 nitrogen and oxygen atoms in total. The van der Waals surface area contributed by atoms with E-state index in [4.69, 9.17) is 0 Å². The van der Waals surface area contributed by atoms with Crippen LogP contribution in [0.15, 0.2) is 182 Å². The van der Waals surface area contributed by atoms with Crippen molar-refractivity contribution in [1.29, 1.82) is 0 Å². The molecule has 10 aromatic carbocycles. The van der Waals surface area contributed by atoms with Gasteiger partial charge in [0.25, 0.3) is 0 Å². The number of fused-ring (bicyclic) bond motifs is 19. The molecule has 4 aliphatic rings. The van der Waals surface area contributed by atoms with Gasteiger partial charge in [-0.3, -0.25) is 0 Å². The number of rotatable bonds is 2. The van der Waals surface area contributed by atoms with E-state index in [0.717, 1.165) is 0 Å². The Hall–Kier alpha value is -7.94. The van der Waals surface area contributed by atoms with Crippen molar-refractivity contribution < 1.29 is 0 Å². The van der Waals surface area contributed by atoms with Gasteiger partial charge >= 0.3 is 0 Å². The smallest absolute Gasteiger partial charge is 0.0544 e. The van der Waals surface area contributed by atoms with Crippen LogP contribution in [0, 0.1) is 0 Å². The summed E-state index contributed by atoms with van der Waals surface area (Å²) in [5.41, 5.74) is 29.0. The van der Waals surface area contributed by atoms with E-state index in [-0.39, 0.29) is 21.7 Å². The molecular weight excluding hydrogens is 869 g/mol. The molecule has 344 valence electrons. The molecule has 2 heteroatoms. The zero-order chi connectivity index (χ0) is 48.5. The highest BCUT2D eigenvalue weighted by Crippen LogP contribution is 2.56. The molecule has 0 unspecified atom stereocenters. The molecule has 0 aliphatic heterocycles. The predicted molar refractivity (Wildman–Crippen MR) is 303 cm³/mol. The molecule has 0 fully saturated rings. The van der Waals surface area contributed by atoms with Gasteiger partial charge in [-0.1, -0.05) is 165 Å². The average molecular weight is 923 g/mol. The molecule has 0 atom stereocenters. The Morgan fingerprint density at radius 1 is 0.236 bits per heavy atom. The van der Waals surface area contributed by atoms with Crippen molar-refractivity contribution in [2.45, 2.75) is 77.0 Å². The molecule has 0 N–H and O–H groups in total. The Balaban J connectivity index is 0.922. The summed E-state index contributed by atoms with van der Waals surface area (Å²) in [5, 5.41) is 7.67. The molecule has 12 aromatic rings. The summed E-state index contributed by atoms with van der Waals surface area (Å²) in [6.07, 6.45) is 0. The minimum atomic E-state index is -0.115. The van der Waals surface area contributed by atoms with Crippen molar-refractivity contribution in [3.05, 3.63) is 226 Å². The predicted octanol–water partition coefficient (Wildman–Crippen LogP) is 18.3. The first-order valence-electron chi connectivity index (χ1n) is 26.0. The SMILES string of the molecule is CC1(C)c2ccccc2-c2cc3c4cc5c(cc4n(-c4ccc6cc(-n7c8cc9c(cc8c8cc%10c(cc87)C(C)(C)c7ccccc7-%10)-c7ccccc7C9(C)C)ccc6c4)c3cc21)C(C)(C)c1ccccc1-5. The van der Waals surface area contributed by atoms with Crippen molar-refractivity contribution in [2.75, 3.05) is 0 Å². The summed E-state index contributed by atoms with van der Waals surface area (Å²) in [5.74, 6) is 0. The van der Waals surface area contributed by atoms with Gasteiger partial charge in [0.05, 0.1) is 22.1 Å². The Kier molecular flexibility index (Phi) is 7.43. The van der Waals surface area contributed by atoms with Crippen molar-refractivity contribution in [3.8, 4) is 55.9 Å². The highest BCUT2D eigenvalue weighted by Gasteiger charge is 2.41. The Bertz CT molecular complexity index is 3970. The zero-order valence-corrected chi connectivity index (χ0v) is 42.2. The molecule has 2 heterocycles. The van der Waals surface area contributed by atoms with Crippen LogP contribution in [0.25, 0.3) is 110 Å². The monoisotopic (exact) mass is 922 g/mol. The standard InChI is InChI=1S/C70H54N2/c1-67(2)55-21-13-9-17-43(55)47-31-51-52-32-48-44-18-10-14-22-56(44)68(3,4)60(48)36-64(52)71(63(51)35-59(47)67)41-27-25-40-30-42(28-26-39(40)29-41)72-65-37-61-49(45-19-11-15-23-57(45)69(61,5)6)33-53(65)54-34-50-46-20-12-16-24-58(46)70(7,8)62(50)38-66(54)72/h9-38H,1-8H3. The van der Waals surface area contributed by atoms with Crippen molar-refractivity contribution in [1.82, 2.24) is 9.13 Å². The van der Waals surface area contributed by atoms with Gasteiger partial charge in [0.1, 0.15) is 0 Å². The van der Waals surface area contributed by atoms with Crippen molar-refractivity contribution >= 4 is 54.4 Å². The molecule has 0 saturated heterocycles. The number of aromatic nitrogens is 2. The highest BCUT2D eigenvalue weighted by atomic mass is 15.0. The summed E-state index contributed by atoms with van der Waals surface area (Å²) in [4.78, 5) is 0. The molecule has 2 aromatic heterocycles. The number of hydrogen-bond donors (Lipinski definition) is 0. The van der Waals surface area contributed by atoms with Crippen LogP contribution in [0.1, 0.15) is 99.9 Å². The fourth-order valence-corrected chi connectivity index (χ4v) is 14.9. The van der Waals surface area contributed by atoms with Crippen LogP contribution >= 0.6 is 0 Å². The van der Waals surface area contributed by atoms with Crippen LogP contribution in [0.3, 0.4) is 0 Å². The van der Waals surface area contributed by atoms with Crippen LogP contribution in [0.4, 0.5) is 0 Å². The summed E-state index contributed by atoms with van der Waals surface area (Å²) in [6.45, 7) is 19.2. The molecule has 72 heavy (non-hydrogen) atoms. The third-order valence-corrected chi connectivity index (χ3v) is 18.7. The first-order chi connectivity index (χ1) is 34.7. The minimum absolute atomic E-state index is 0.115. The van der Waals surface area contributed by atoms with Crippen LogP contribution < -0.4 is 0 Å². The normalized spacial score (nSPS) is 16.5. The third-order valence-electron chi connectivity index (χ3n) is 18.7. The van der Waals surface area contributed by atoms with Crippen molar-refractivity contribution in [2.24, 2.45) is 0 Å². The molecular formula is C70H54N2. The topological polar surface area (TPSA) is 9.86 Å². The Morgan fingerprint density at radius 3 is 0.750 bits per heavy atom. The fourth-order valence-electron chi connectivity index (χ4n) is 14.9. The average Bonchev–Trinajstić information content (AvgIpc) is 4.14. The molecule has 4 aliphatic carbocycles. The van der Waals surface area contributed by atoms with E-state index in [2.05, 4.69) is 247 Å². The molecule has 0 radical (unpaired) electrons. The maximum absolute atomic E-state index is 2.57. The van der Waals surface area contributed by atoms with Gasteiger partial charge in [-0.25, -0.2) is 0 Å². The van der Waals surface area contributed by atoms with E-state index < -0.39 is 0 Å². The molecule has 0 bridgehead atoms. The summed E-state index contributed by atoms with van der Waals surface area (Å²) >= 11 is 0. The number of benzene rings is 10. The largest absolute Gasteiger partial charge is 0.309 e. The maximum atomic E-state index is 2.57. The van der Waals surface area contributed by atoms with E-state index in [1.807, 2.05) is 0 Å². The molecule has 0 amide bonds. The Morgan fingerprint density at radius 2 is 0.486 bits per heavy atom. The fraction of sp³-hybridized carbons (Fsp3) is 0.171. The number of hydrogen-bond acceptors (Lipinski definition) is 0. The van der Waals surface area contributed by atoms with Gasteiger partial charge < -0.3 is 9.13 Å². The second-order valence-corrected chi connectivity index (χ2v) is 23.7. The maximum Gasteiger partial charge on any atom is 0.0544 e. The van der Waals surface area contributed by atoms with Crippen LogP contribution in [-0.4, -0.2) is 9.13 Å². The first-order valence-corrected chi connectivity index (χ1v) is 26.0. The third kappa shape index (κ3) is 4.87. The summed E-state index contributed by atoms with van der Waals surface area (Å²) in [6, 6.07) is 70.7. The summed E-state index contributed by atoms with van der Waals surface area (Å²) < 4.78 is 5.15. The highest BCUT2D eigenvalue weighted by molar-refractivity contribution is 6.15. The lowest BCUT2D eigenvalue weighted by Gasteiger charge is -2.22. The lowest BCUT2D eigenvalue weighted by atomic mass is 9.82. The van der Waals surface area contributed by atoms with Gasteiger partial charge in [-0.15, -0.1) is 0 Å². The van der Waals surface area contributed by atoms with Crippen LogP contribution in [0.5, 0.6) is 0 Å². The van der Waals surface area contributed by atoms with E-state index in [1.165, 1.54) is 155 Å². The lowest BCUT2D eigenvalue weighted by molar-refractivity contribution is 0.660. The zero-order valence-electron chi connectivity index (χ0n) is 42.2. The minimum Gasteiger partial charge on any atom is -0.309 e. The van der Waals surface area contributed by atoms with Gasteiger partial charge in [-0.05, 0) is 173 Å². The quantitative estimate of drug-likeness (QED) is 0.163. The van der Waals surface area contributed by atoms with Crippen LogP contribution in [-0.2, 0) is 21.7 Å². The van der Waals surface area contributed by atoms with Gasteiger partial charge in [0.15, 0.2) is 0 Å². The molecule has 0 spiro atoms. The van der Waals surface area contributed by atoms with Gasteiger partial charge in [0, 0.05) is 54.6 Å². The second kappa shape index (κ2) is 13.1. The van der Waals surface area contributed by atoms with Gasteiger partial charge in [0.2, 0.25) is 0 Å². The summed E-state index contributed by atoms with van der Waals surface area (Å²) in [7, 11) is 0. The van der Waals surface area contributed by atoms with Crippen molar-refractivity contribution in [3.63, 3.8) is 0 Å². The lowest BCUT2D eigenvalue weighted by Crippen LogP contribution is -2.15. The number of nitrogens with zero attached hydrogens (tertiary/aromatic N) is 2. The van der Waals surface area contributed by atoms with Gasteiger partial charge in [-0.2, -0.15) is 0 Å².